The Morgan fingerprint density at radius 3 is 2.50 bits per heavy atom. The summed E-state index contributed by atoms with van der Waals surface area (Å²) in [5.74, 6) is 0.815. The normalized spacial score (nSPS) is 19.2. The van der Waals surface area contributed by atoms with Crippen LogP contribution in [-0.4, -0.2) is 30.1 Å². The molecule has 0 radical (unpaired) electrons. The van der Waals surface area contributed by atoms with E-state index in [1.807, 2.05) is 24.3 Å². The molecule has 154 valence electrons. The van der Waals surface area contributed by atoms with Crippen LogP contribution in [0.4, 0.5) is 11.4 Å². The summed E-state index contributed by atoms with van der Waals surface area (Å²) in [4.78, 5) is 16.0. The van der Waals surface area contributed by atoms with Gasteiger partial charge in [0.1, 0.15) is 5.52 Å². The summed E-state index contributed by atoms with van der Waals surface area (Å²) in [5.41, 5.74) is 5.20. The van der Waals surface area contributed by atoms with Gasteiger partial charge in [0.25, 0.3) is 0 Å². The van der Waals surface area contributed by atoms with Crippen molar-refractivity contribution in [3.05, 3.63) is 41.5 Å². The summed E-state index contributed by atoms with van der Waals surface area (Å²) in [6.07, 6.45) is 9.82. The first-order valence-corrected chi connectivity index (χ1v) is 11.4. The van der Waals surface area contributed by atoms with E-state index in [0.29, 0.717) is 11.6 Å². The van der Waals surface area contributed by atoms with Crippen LogP contribution in [-0.2, 0) is 0 Å². The largest absolute Gasteiger partial charge is 0.382 e. The van der Waals surface area contributed by atoms with Crippen LogP contribution in [0.25, 0.3) is 22.2 Å². The van der Waals surface area contributed by atoms with E-state index >= 15 is 0 Å². The average molecular weight is 402 g/mol. The van der Waals surface area contributed by atoms with Gasteiger partial charge in [0.05, 0.1) is 16.6 Å². The van der Waals surface area contributed by atoms with Gasteiger partial charge in [-0.3, -0.25) is 4.79 Å². The number of fused-ring (bicyclic) bond motifs is 2. The minimum Gasteiger partial charge on any atom is -0.382 e. The Labute approximate surface area is 176 Å². The molecule has 1 saturated carbocycles. The molecule has 0 atom stereocenters. The van der Waals surface area contributed by atoms with Crippen molar-refractivity contribution in [3.63, 3.8) is 0 Å². The van der Waals surface area contributed by atoms with Crippen molar-refractivity contribution < 1.29 is 9.32 Å². The zero-order valence-corrected chi connectivity index (χ0v) is 17.2. The molecule has 6 rings (SSSR count). The number of carbonyl (C=O) groups excluding carboxylic acids is 1. The van der Waals surface area contributed by atoms with Crippen LogP contribution in [0, 0.1) is 0 Å². The third-order valence-corrected chi connectivity index (χ3v) is 7.04. The van der Waals surface area contributed by atoms with Gasteiger partial charge < -0.3 is 14.7 Å². The maximum atomic E-state index is 13.6. The Morgan fingerprint density at radius 1 is 0.967 bits per heavy atom. The second kappa shape index (κ2) is 7.15. The van der Waals surface area contributed by atoms with Gasteiger partial charge >= 0.3 is 0 Å². The number of rotatable bonds is 3. The molecule has 2 heterocycles. The summed E-state index contributed by atoms with van der Waals surface area (Å²) < 4.78 is 5.89. The van der Waals surface area contributed by atoms with Gasteiger partial charge in [0.15, 0.2) is 11.5 Å². The van der Waals surface area contributed by atoms with Crippen molar-refractivity contribution in [1.82, 2.24) is 5.16 Å². The van der Waals surface area contributed by atoms with Crippen molar-refractivity contribution in [2.24, 2.45) is 0 Å². The minimum atomic E-state index is 0.0785. The van der Waals surface area contributed by atoms with E-state index in [1.54, 1.807) is 0 Å². The van der Waals surface area contributed by atoms with E-state index in [4.69, 9.17) is 4.52 Å². The van der Waals surface area contributed by atoms with E-state index in [-0.39, 0.29) is 5.78 Å². The highest BCUT2D eigenvalue weighted by Crippen LogP contribution is 2.46. The molecular formula is C25H27N3O2. The fourth-order valence-electron chi connectivity index (χ4n) is 5.50. The predicted molar refractivity (Wildman–Crippen MR) is 119 cm³/mol. The molecule has 2 fully saturated rings. The van der Waals surface area contributed by atoms with Crippen LogP contribution < -0.4 is 10.2 Å². The van der Waals surface area contributed by atoms with E-state index < -0.39 is 0 Å². The zero-order chi connectivity index (χ0) is 20.1. The van der Waals surface area contributed by atoms with Crippen LogP contribution in [0.2, 0.25) is 0 Å². The molecule has 1 N–H and O–H groups in total. The number of piperidine rings is 1. The van der Waals surface area contributed by atoms with Gasteiger partial charge in [-0.05, 0) is 38.2 Å². The van der Waals surface area contributed by atoms with E-state index in [1.165, 1.54) is 38.5 Å². The molecule has 2 aromatic carbocycles. The lowest BCUT2D eigenvalue weighted by molar-refractivity contribution is 0.104. The number of ketones is 1. The highest BCUT2D eigenvalue weighted by Gasteiger charge is 2.34. The second-order valence-electron chi connectivity index (χ2n) is 8.96. The first kappa shape index (κ1) is 18.0. The Hall–Kier alpha value is -2.82. The SMILES string of the molecule is O=C1c2ccccc2-c2onc3c(N4CCCCC4)cc(NC4CCCCC4)c1c23. The maximum Gasteiger partial charge on any atom is 0.196 e. The highest BCUT2D eigenvalue weighted by atomic mass is 16.5. The van der Waals surface area contributed by atoms with Gasteiger partial charge in [-0.25, -0.2) is 0 Å². The molecule has 2 aliphatic carbocycles. The number of anilines is 2. The van der Waals surface area contributed by atoms with Crippen molar-refractivity contribution in [2.45, 2.75) is 57.4 Å². The predicted octanol–water partition coefficient (Wildman–Crippen LogP) is 5.77. The number of hydrogen-bond acceptors (Lipinski definition) is 5. The molecule has 30 heavy (non-hydrogen) atoms. The van der Waals surface area contributed by atoms with Crippen LogP contribution >= 0.6 is 0 Å². The molecule has 0 unspecified atom stereocenters. The van der Waals surface area contributed by atoms with Gasteiger partial charge in [-0.1, -0.05) is 48.7 Å². The number of aromatic nitrogens is 1. The number of nitrogens with one attached hydrogen (secondary N) is 1. The Kier molecular flexibility index (Phi) is 4.29. The molecule has 3 aromatic rings. The lowest BCUT2D eigenvalue weighted by Crippen LogP contribution is -2.30. The van der Waals surface area contributed by atoms with Crippen LogP contribution in [0.1, 0.15) is 67.3 Å². The minimum absolute atomic E-state index is 0.0785. The summed E-state index contributed by atoms with van der Waals surface area (Å²) >= 11 is 0. The van der Waals surface area contributed by atoms with Gasteiger partial charge in [-0.15, -0.1) is 0 Å². The summed E-state index contributed by atoms with van der Waals surface area (Å²) in [6, 6.07) is 10.4. The zero-order valence-electron chi connectivity index (χ0n) is 17.2. The third kappa shape index (κ3) is 2.75. The molecule has 1 aromatic heterocycles. The number of benzene rings is 2. The Balaban J connectivity index is 1.57. The quantitative estimate of drug-likeness (QED) is 0.472. The van der Waals surface area contributed by atoms with Crippen molar-refractivity contribution in [3.8, 4) is 11.3 Å². The van der Waals surface area contributed by atoms with E-state index in [2.05, 4.69) is 21.4 Å². The topological polar surface area (TPSA) is 58.4 Å². The fraction of sp³-hybridized carbons (Fsp3) is 0.440. The van der Waals surface area contributed by atoms with E-state index in [9.17, 15) is 4.79 Å². The fourth-order valence-corrected chi connectivity index (χ4v) is 5.50. The van der Waals surface area contributed by atoms with Crippen molar-refractivity contribution in [2.75, 3.05) is 23.3 Å². The molecule has 0 bridgehead atoms. The second-order valence-corrected chi connectivity index (χ2v) is 8.96. The number of carbonyl (C=O) groups is 1. The molecular weight excluding hydrogens is 374 g/mol. The lowest BCUT2D eigenvalue weighted by Gasteiger charge is -2.31. The van der Waals surface area contributed by atoms with Gasteiger partial charge in [0.2, 0.25) is 0 Å². The summed E-state index contributed by atoms with van der Waals surface area (Å²) in [7, 11) is 0. The summed E-state index contributed by atoms with van der Waals surface area (Å²) in [5, 5.41) is 9.15. The molecule has 0 amide bonds. The van der Waals surface area contributed by atoms with Gasteiger partial charge in [0, 0.05) is 35.9 Å². The third-order valence-electron chi connectivity index (χ3n) is 7.04. The van der Waals surface area contributed by atoms with Crippen molar-refractivity contribution in [1.29, 1.82) is 0 Å². The average Bonchev–Trinajstić information content (AvgIpc) is 3.24. The Bertz CT molecular complexity index is 1120. The van der Waals surface area contributed by atoms with Crippen LogP contribution in [0.15, 0.2) is 34.9 Å². The Morgan fingerprint density at radius 2 is 1.70 bits per heavy atom. The first-order valence-electron chi connectivity index (χ1n) is 11.4. The first-order chi connectivity index (χ1) is 14.8. The molecule has 1 saturated heterocycles. The highest BCUT2D eigenvalue weighted by molar-refractivity contribution is 6.28. The molecule has 3 aliphatic rings. The monoisotopic (exact) mass is 401 g/mol. The molecule has 1 aliphatic heterocycles. The smallest absolute Gasteiger partial charge is 0.196 e. The number of nitrogens with zero attached hydrogens (tertiary/aromatic N) is 2. The summed E-state index contributed by atoms with van der Waals surface area (Å²) in [6.45, 7) is 2.06. The van der Waals surface area contributed by atoms with Crippen LogP contribution in [0.3, 0.4) is 0 Å². The van der Waals surface area contributed by atoms with Crippen molar-refractivity contribution >= 4 is 28.1 Å². The standard InChI is InChI=1S/C25H27N3O2/c29-24-17-11-5-6-12-18(17)25-22-21(24)19(26-16-9-3-1-4-10-16)15-20(23(22)27-30-25)28-13-7-2-8-14-28/h5-6,11-12,15-16,26H,1-4,7-10,13-14H2. The molecule has 5 nitrogen and oxygen atoms in total. The lowest BCUT2D eigenvalue weighted by atomic mass is 9.85. The molecule has 0 spiro atoms. The number of hydrogen-bond donors (Lipinski definition) is 1. The van der Waals surface area contributed by atoms with E-state index in [0.717, 1.165) is 65.1 Å². The van der Waals surface area contributed by atoms with Crippen LogP contribution in [0.5, 0.6) is 0 Å². The van der Waals surface area contributed by atoms with Gasteiger partial charge in [-0.2, -0.15) is 0 Å². The molecule has 5 heteroatoms. The maximum absolute atomic E-state index is 13.6.